The SMILES string of the molecule is CC#CCCC(C(=O)O)C(=O)OC. The summed E-state index contributed by atoms with van der Waals surface area (Å²) in [5, 5.41) is 8.63. The van der Waals surface area contributed by atoms with Crippen LogP contribution in [0.2, 0.25) is 0 Å². The molecule has 0 fully saturated rings. The molecule has 0 rings (SSSR count). The predicted molar refractivity (Wildman–Crippen MR) is 45.8 cm³/mol. The Labute approximate surface area is 76.9 Å². The molecule has 0 radical (unpaired) electrons. The van der Waals surface area contributed by atoms with E-state index < -0.39 is 17.9 Å². The summed E-state index contributed by atoms with van der Waals surface area (Å²) in [7, 11) is 1.17. The molecule has 4 nitrogen and oxygen atoms in total. The molecule has 0 aliphatic carbocycles. The highest BCUT2D eigenvalue weighted by atomic mass is 16.5. The molecule has 1 unspecified atom stereocenters. The maximum Gasteiger partial charge on any atom is 0.320 e. The fraction of sp³-hybridized carbons (Fsp3) is 0.556. The minimum absolute atomic E-state index is 0.197. The molecule has 0 aromatic heterocycles. The molecule has 0 aromatic rings. The molecule has 72 valence electrons. The molecule has 0 aliphatic heterocycles. The van der Waals surface area contributed by atoms with Crippen molar-refractivity contribution in [3.63, 3.8) is 0 Å². The molecule has 4 heteroatoms. The van der Waals surface area contributed by atoms with E-state index in [2.05, 4.69) is 16.6 Å². The second-order valence-corrected chi connectivity index (χ2v) is 2.38. The van der Waals surface area contributed by atoms with Crippen LogP contribution in [-0.2, 0) is 14.3 Å². The van der Waals surface area contributed by atoms with Crippen molar-refractivity contribution in [2.45, 2.75) is 19.8 Å². The maximum atomic E-state index is 10.9. The third-order valence-corrected chi connectivity index (χ3v) is 1.52. The average Bonchev–Trinajstić information content (AvgIpc) is 2.11. The second-order valence-electron chi connectivity index (χ2n) is 2.38. The van der Waals surface area contributed by atoms with Crippen molar-refractivity contribution >= 4 is 11.9 Å². The molecule has 1 atom stereocenters. The summed E-state index contributed by atoms with van der Waals surface area (Å²) in [5.41, 5.74) is 0. The molecule has 0 heterocycles. The Kier molecular flexibility index (Phi) is 5.37. The van der Waals surface area contributed by atoms with Crippen LogP contribution in [0, 0.1) is 17.8 Å². The van der Waals surface area contributed by atoms with E-state index in [1.165, 1.54) is 7.11 Å². The van der Waals surface area contributed by atoms with Crippen LogP contribution in [0.4, 0.5) is 0 Å². The monoisotopic (exact) mass is 184 g/mol. The van der Waals surface area contributed by atoms with Gasteiger partial charge in [-0.2, -0.15) is 0 Å². The van der Waals surface area contributed by atoms with Crippen molar-refractivity contribution in [2.24, 2.45) is 5.92 Å². The summed E-state index contributed by atoms with van der Waals surface area (Å²) in [5.74, 6) is 2.34. The molecule has 13 heavy (non-hydrogen) atoms. The third-order valence-electron chi connectivity index (χ3n) is 1.52. The largest absolute Gasteiger partial charge is 0.481 e. The highest BCUT2D eigenvalue weighted by Crippen LogP contribution is 2.08. The lowest BCUT2D eigenvalue weighted by Gasteiger charge is -2.06. The van der Waals surface area contributed by atoms with Gasteiger partial charge in [-0.25, -0.2) is 0 Å². The lowest BCUT2D eigenvalue weighted by molar-refractivity contribution is -0.156. The Morgan fingerprint density at radius 1 is 1.54 bits per heavy atom. The van der Waals surface area contributed by atoms with Gasteiger partial charge in [-0.15, -0.1) is 11.8 Å². The molecular formula is C9H12O4. The Bertz CT molecular complexity index is 246. The number of aliphatic carboxylic acids is 1. The number of hydrogen-bond acceptors (Lipinski definition) is 3. The summed E-state index contributed by atoms with van der Waals surface area (Å²) < 4.78 is 4.34. The van der Waals surface area contributed by atoms with E-state index in [0.29, 0.717) is 6.42 Å². The summed E-state index contributed by atoms with van der Waals surface area (Å²) in [6.07, 6.45) is 0.589. The van der Waals surface area contributed by atoms with Crippen molar-refractivity contribution < 1.29 is 19.4 Å². The number of hydrogen-bond donors (Lipinski definition) is 1. The number of esters is 1. The highest BCUT2D eigenvalue weighted by molar-refractivity contribution is 5.93. The summed E-state index contributed by atoms with van der Waals surface area (Å²) in [4.78, 5) is 21.4. The van der Waals surface area contributed by atoms with E-state index in [-0.39, 0.29) is 6.42 Å². The van der Waals surface area contributed by atoms with Crippen LogP contribution in [0.5, 0.6) is 0 Å². The van der Waals surface area contributed by atoms with Crippen LogP contribution in [-0.4, -0.2) is 24.2 Å². The van der Waals surface area contributed by atoms with Gasteiger partial charge in [-0.1, -0.05) is 0 Å². The quantitative estimate of drug-likeness (QED) is 0.396. The van der Waals surface area contributed by atoms with Crippen LogP contribution in [0.25, 0.3) is 0 Å². The molecular weight excluding hydrogens is 172 g/mol. The standard InChI is InChI=1S/C9H12O4/c1-3-4-5-6-7(8(10)11)9(12)13-2/h7H,5-6H2,1-2H3,(H,10,11). The normalized spacial score (nSPS) is 10.9. The smallest absolute Gasteiger partial charge is 0.320 e. The van der Waals surface area contributed by atoms with Gasteiger partial charge in [0.15, 0.2) is 5.92 Å². The van der Waals surface area contributed by atoms with Gasteiger partial charge in [0, 0.05) is 6.42 Å². The van der Waals surface area contributed by atoms with Gasteiger partial charge in [0.1, 0.15) is 0 Å². The van der Waals surface area contributed by atoms with Crippen molar-refractivity contribution in [2.75, 3.05) is 7.11 Å². The molecule has 1 N–H and O–H groups in total. The average molecular weight is 184 g/mol. The van der Waals surface area contributed by atoms with Crippen LogP contribution in [0.3, 0.4) is 0 Å². The topological polar surface area (TPSA) is 63.6 Å². The van der Waals surface area contributed by atoms with E-state index in [9.17, 15) is 9.59 Å². The van der Waals surface area contributed by atoms with Gasteiger partial charge in [-0.3, -0.25) is 9.59 Å². The van der Waals surface area contributed by atoms with E-state index in [1.54, 1.807) is 6.92 Å². The van der Waals surface area contributed by atoms with Gasteiger partial charge in [0.05, 0.1) is 7.11 Å². The van der Waals surface area contributed by atoms with Gasteiger partial charge >= 0.3 is 11.9 Å². The number of carbonyl (C=O) groups excluding carboxylic acids is 1. The summed E-state index contributed by atoms with van der Waals surface area (Å²) in [6.45, 7) is 1.66. The van der Waals surface area contributed by atoms with E-state index >= 15 is 0 Å². The first-order valence-electron chi connectivity index (χ1n) is 3.83. The lowest BCUT2D eigenvalue weighted by Crippen LogP contribution is -2.24. The predicted octanol–water partition coefficient (Wildman–Crippen LogP) is 0.664. The zero-order chi connectivity index (χ0) is 10.3. The first kappa shape index (κ1) is 11.5. The number of carbonyl (C=O) groups is 2. The van der Waals surface area contributed by atoms with Crippen LogP contribution < -0.4 is 0 Å². The van der Waals surface area contributed by atoms with Gasteiger partial charge < -0.3 is 9.84 Å². The van der Waals surface area contributed by atoms with Gasteiger partial charge in [0.2, 0.25) is 0 Å². The van der Waals surface area contributed by atoms with E-state index in [4.69, 9.17) is 5.11 Å². The van der Waals surface area contributed by atoms with Crippen LogP contribution in [0.15, 0.2) is 0 Å². The molecule has 0 saturated carbocycles. The Morgan fingerprint density at radius 3 is 2.54 bits per heavy atom. The molecule has 0 saturated heterocycles. The Morgan fingerprint density at radius 2 is 2.15 bits per heavy atom. The number of methoxy groups -OCH3 is 1. The number of rotatable bonds is 4. The van der Waals surface area contributed by atoms with Crippen molar-refractivity contribution in [3.8, 4) is 11.8 Å². The molecule has 0 aliphatic rings. The van der Waals surface area contributed by atoms with Crippen LogP contribution in [0.1, 0.15) is 19.8 Å². The van der Waals surface area contributed by atoms with Gasteiger partial charge in [0.25, 0.3) is 0 Å². The maximum absolute atomic E-state index is 10.9. The number of ether oxygens (including phenoxy) is 1. The molecule has 0 aromatic carbocycles. The van der Waals surface area contributed by atoms with Gasteiger partial charge in [-0.05, 0) is 13.3 Å². The number of carboxylic acid groups (broad SMARTS) is 1. The lowest BCUT2D eigenvalue weighted by atomic mass is 10.0. The number of carboxylic acids is 1. The van der Waals surface area contributed by atoms with Crippen molar-refractivity contribution in [1.29, 1.82) is 0 Å². The van der Waals surface area contributed by atoms with Crippen LogP contribution >= 0.6 is 0 Å². The Hall–Kier alpha value is -1.50. The molecule has 0 bridgehead atoms. The molecule has 0 spiro atoms. The Balaban J connectivity index is 4.16. The van der Waals surface area contributed by atoms with E-state index in [1.807, 2.05) is 0 Å². The first-order valence-corrected chi connectivity index (χ1v) is 3.83. The molecule has 0 amide bonds. The highest BCUT2D eigenvalue weighted by Gasteiger charge is 2.25. The third kappa shape index (κ3) is 4.16. The fourth-order valence-electron chi connectivity index (χ4n) is 0.826. The summed E-state index contributed by atoms with van der Waals surface area (Å²) >= 11 is 0. The zero-order valence-electron chi connectivity index (χ0n) is 7.66. The summed E-state index contributed by atoms with van der Waals surface area (Å²) in [6, 6.07) is 0. The minimum Gasteiger partial charge on any atom is -0.481 e. The first-order chi connectivity index (χ1) is 6.13. The zero-order valence-corrected chi connectivity index (χ0v) is 7.66. The van der Waals surface area contributed by atoms with E-state index in [0.717, 1.165) is 0 Å². The second kappa shape index (κ2) is 6.06. The van der Waals surface area contributed by atoms with Crippen molar-refractivity contribution in [3.05, 3.63) is 0 Å². The van der Waals surface area contributed by atoms with Crippen molar-refractivity contribution in [1.82, 2.24) is 0 Å². The fourth-order valence-corrected chi connectivity index (χ4v) is 0.826. The minimum atomic E-state index is -1.16.